The first-order chi connectivity index (χ1) is 7.58. The maximum atomic E-state index is 9.37. The van der Waals surface area contributed by atoms with E-state index in [0.29, 0.717) is 0 Å². The van der Waals surface area contributed by atoms with E-state index in [1.165, 1.54) is 11.1 Å². The third kappa shape index (κ3) is 2.20. The molecular formula is C13H19NO2. The van der Waals surface area contributed by atoms with Crippen LogP contribution in [0.4, 0.5) is 0 Å². The van der Waals surface area contributed by atoms with Crippen LogP contribution in [-0.4, -0.2) is 17.3 Å². The zero-order valence-corrected chi connectivity index (χ0v) is 9.81. The Kier molecular flexibility index (Phi) is 3.17. The molecular weight excluding hydrogens is 202 g/mol. The summed E-state index contributed by atoms with van der Waals surface area (Å²) in [6.07, 6.45) is 1.39. The first-order valence-corrected chi connectivity index (χ1v) is 5.81. The normalized spacial score (nSPS) is 22.6. The van der Waals surface area contributed by atoms with Crippen molar-refractivity contribution in [2.45, 2.75) is 44.9 Å². The van der Waals surface area contributed by atoms with E-state index in [1.807, 2.05) is 25.1 Å². The molecule has 0 aromatic heterocycles. The Bertz CT molecular complexity index is 376. The van der Waals surface area contributed by atoms with Crippen molar-refractivity contribution in [3.63, 3.8) is 0 Å². The summed E-state index contributed by atoms with van der Waals surface area (Å²) >= 11 is 0. The topological polar surface area (TPSA) is 55.5 Å². The molecule has 0 spiro atoms. The van der Waals surface area contributed by atoms with Crippen molar-refractivity contribution in [3.8, 4) is 5.75 Å². The monoisotopic (exact) mass is 221 g/mol. The second-order valence-electron chi connectivity index (χ2n) is 4.57. The van der Waals surface area contributed by atoms with Crippen LogP contribution in [0.1, 0.15) is 37.4 Å². The fourth-order valence-corrected chi connectivity index (χ4v) is 2.01. The Hall–Kier alpha value is -1.06. The number of rotatable bonds is 3. The van der Waals surface area contributed by atoms with E-state index in [1.54, 1.807) is 6.92 Å². The van der Waals surface area contributed by atoms with Gasteiger partial charge in [-0.3, -0.25) is 0 Å². The molecule has 0 bridgehead atoms. The number of aliphatic hydroxyl groups is 1. The van der Waals surface area contributed by atoms with E-state index in [4.69, 9.17) is 10.5 Å². The summed E-state index contributed by atoms with van der Waals surface area (Å²) in [6.45, 7) is 3.59. The molecule has 3 nitrogen and oxygen atoms in total. The number of aryl methyl sites for hydroxylation is 1. The Morgan fingerprint density at radius 2 is 2.19 bits per heavy atom. The first-order valence-electron chi connectivity index (χ1n) is 5.81. The quantitative estimate of drug-likeness (QED) is 0.818. The molecule has 1 aromatic carbocycles. The third-order valence-electron chi connectivity index (χ3n) is 3.24. The number of ether oxygens (including phenoxy) is 1. The van der Waals surface area contributed by atoms with Crippen LogP contribution in [-0.2, 0) is 6.42 Å². The van der Waals surface area contributed by atoms with Crippen LogP contribution < -0.4 is 10.5 Å². The number of fused-ring (bicyclic) bond motifs is 1. The van der Waals surface area contributed by atoms with E-state index in [-0.39, 0.29) is 12.1 Å². The molecule has 0 saturated carbocycles. The molecule has 0 aliphatic heterocycles. The Balaban J connectivity index is 2.13. The SMILES string of the molecule is CC(O)C(C)Oc1ccc2c(c1)CC[C@H]2N. The van der Waals surface area contributed by atoms with Gasteiger partial charge in [-0.2, -0.15) is 0 Å². The van der Waals surface area contributed by atoms with Crippen LogP contribution in [0.5, 0.6) is 5.75 Å². The van der Waals surface area contributed by atoms with E-state index in [0.717, 1.165) is 18.6 Å². The molecule has 0 radical (unpaired) electrons. The Labute approximate surface area is 96.2 Å². The largest absolute Gasteiger partial charge is 0.488 e. The fourth-order valence-electron chi connectivity index (χ4n) is 2.01. The average molecular weight is 221 g/mol. The molecule has 16 heavy (non-hydrogen) atoms. The summed E-state index contributed by atoms with van der Waals surface area (Å²) in [5, 5.41) is 9.37. The van der Waals surface area contributed by atoms with E-state index >= 15 is 0 Å². The highest BCUT2D eigenvalue weighted by molar-refractivity contribution is 5.40. The minimum absolute atomic E-state index is 0.179. The predicted octanol–water partition coefficient (Wildman–Crippen LogP) is 1.78. The zero-order chi connectivity index (χ0) is 11.7. The maximum absolute atomic E-state index is 9.37. The minimum atomic E-state index is -0.462. The van der Waals surface area contributed by atoms with Crippen LogP contribution in [0.2, 0.25) is 0 Å². The molecule has 1 aliphatic rings. The van der Waals surface area contributed by atoms with Crippen molar-refractivity contribution in [1.82, 2.24) is 0 Å². The highest BCUT2D eigenvalue weighted by Crippen LogP contribution is 2.32. The van der Waals surface area contributed by atoms with Crippen LogP contribution in [0, 0.1) is 0 Å². The van der Waals surface area contributed by atoms with E-state index in [2.05, 4.69) is 0 Å². The van der Waals surface area contributed by atoms with Crippen molar-refractivity contribution in [2.75, 3.05) is 0 Å². The lowest BCUT2D eigenvalue weighted by molar-refractivity contribution is 0.0604. The highest BCUT2D eigenvalue weighted by Gasteiger charge is 2.19. The van der Waals surface area contributed by atoms with Gasteiger partial charge in [-0.15, -0.1) is 0 Å². The molecule has 0 amide bonds. The molecule has 0 saturated heterocycles. The molecule has 3 N–H and O–H groups in total. The van der Waals surface area contributed by atoms with Crippen LogP contribution >= 0.6 is 0 Å². The molecule has 0 heterocycles. The second-order valence-corrected chi connectivity index (χ2v) is 4.57. The average Bonchev–Trinajstić information content (AvgIpc) is 2.60. The van der Waals surface area contributed by atoms with Gasteiger partial charge in [0.2, 0.25) is 0 Å². The van der Waals surface area contributed by atoms with Crippen LogP contribution in [0.25, 0.3) is 0 Å². The van der Waals surface area contributed by atoms with Gasteiger partial charge in [0.1, 0.15) is 11.9 Å². The van der Waals surface area contributed by atoms with Crippen LogP contribution in [0.15, 0.2) is 18.2 Å². The van der Waals surface area contributed by atoms with Crippen LogP contribution in [0.3, 0.4) is 0 Å². The van der Waals surface area contributed by atoms with Gasteiger partial charge >= 0.3 is 0 Å². The predicted molar refractivity (Wildman–Crippen MR) is 63.5 cm³/mol. The van der Waals surface area contributed by atoms with Gasteiger partial charge in [-0.1, -0.05) is 6.07 Å². The zero-order valence-electron chi connectivity index (χ0n) is 9.81. The fraction of sp³-hybridized carbons (Fsp3) is 0.538. The number of hydrogen-bond donors (Lipinski definition) is 2. The lowest BCUT2D eigenvalue weighted by Gasteiger charge is -2.18. The highest BCUT2D eigenvalue weighted by atomic mass is 16.5. The maximum Gasteiger partial charge on any atom is 0.121 e. The van der Waals surface area contributed by atoms with E-state index < -0.39 is 6.10 Å². The van der Waals surface area contributed by atoms with Crippen molar-refractivity contribution < 1.29 is 9.84 Å². The van der Waals surface area contributed by atoms with Gasteiger partial charge in [0.25, 0.3) is 0 Å². The van der Waals surface area contributed by atoms with Gasteiger partial charge in [0, 0.05) is 6.04 Å². The van der Waals surface area contributed by atoms with Crippen molar-refractivity contribution in [1.29, 1.82) is 0 Å². The van der Waals surface area contributed by atoms with Gasteiger partial charge in [0.05, 0.1) is 6.10 Å². The van der Waals surface area contributed by atoms with Gasteiger partial charge in [0.15, 0.2) is 0 Å². The Morgan fingerprint density at radius 1 is 1.44 bits per heavy atom. The molecule has 1 aliphatic carbocycles. The molecule has 2 rings (SSSR count). The summed E-state index contributed by atoms with van der Waals surface area (Å²) in [5.41, 5.74) is 8.48. The molecule has 3 atom stereocenters. The standard InChI is InChI=1S/C13H19NO2/c1-8(15)9(2)16-11-4-5-12-10(7-11)3-6-13(12)14/h4-5,7-9,13,15H,3,6,14H2,1-2H3/t8?,9?,13-/m1/s1. The number of benzene rings is 1. The molecule has 88 valence electrons. The summed E-state index contributed by atoms with van der Waals surface area (Å²) in [7, 11) is 0. The van der Waals surface area contributed by atoms with E-state index in [9.17, 15) is 5.11 Å². The lowest BCUT2D eigenvalue weighted by Crippen LogP contribution is -2.25. The van der Waals surface area contributed by atoms with Crippen molar-refractivity contribution in [2.24, 2.45) is 5.73 Å². The minimum Gasteiger partial charge on any atom is -0.488 e. The molecule has 0 fully saturated rings. The first kappa shape index (κ1) is 11.4. The summed E-state index contributed by atoms with van der Waals surface area (Å²) in [6, 6.07) is 6.19. The Morgan fingerprint density at radius 3 is 2.88 bits per heavy atom. The van der Waals surface area contributed by atoms with Gasteiger partial charge < -0.3 is 15.6 Å². The van der Waals surface area contributed by atoms with Gasteiger partial charge in [-0.25, -0.2) is 0 Å². The number of aliphatic hydroxyl groups excluding tert-OH is 1. The molecule has 2 unspecified atom stereocenters. The summed E-state index contributed by atoms with van der Waals surface area (Å²) < 4.78 is 5.65. The van der Waals surface area contributed by atoms with Crippen molar-refractivity contribution >= 4 is 0 Å². The summed E-state index contributed by atoms with van der Waals surface area (Å²) in [4.78, 5) is 0. The number of nitrogens with two attached hydrogens (primary N) is 1. The molecule has 1 aromatic rings. The lowest BCUT2D eigenvalue weighted by atomic mass is 10.1. The van der Waals surface area contributed by atoms with Gasteiger partial charge in [-0.05, 0) is 49.9 Å². The third-order valence-corrected chi connectivity index (χ3v) is 3.24. The van der Waals surface area contributed by atoms with Crippen molar-refractivity contribution in [3.05, 3.63) is 29.3 Å². The second kappa shape index (κ2) is 4.44. The molecule has 3 heteroatoms. The number of hydrogen-bond acceptors (Lipinski definition) is 3. The smallest absolute Gasteiger partial charge is 0.121 e. The summed E-state index contributed by atoms with van der Waals surface area (Å²) in [5.74, 6) is 0.821.